The summed E-state index contributed by atoms with van der Waals surface area (Å²) in [5, 5.41) is 0. The Balaban J connectivity index is 1.89. The monoisotopic (exact) mass is 363 g/mol. The first-order valence-electron chi connectivity index (χ1n) is 8.18. The summed E-state index contributed by atoms with van der Waals surface area (Å²) in [5.74, 6) is -0.940. The van der Waals surface area contributed by atoms with Crippen molar-refractivity contribution in [2.24, 2.45) is 11.3 Å². The first kappa shape index (κ1) is 18.2. The molecule has 0 N–H and O–H groups in total. The summed E-state index contributed by atoms with van der Waals surface area (Å²) in [5.41, 5.74) is -0.305. The van der Waals surface area contributed by atoms with Crippen LogP contribution >= 0.6 is 0 Å². The van der Waals surface area contributed by atoms with Crippen LogP contribution < -0.4 is 4.74 Å². The number of benzene rings is 1. The van der Waals surface area contributed by atoms with Gasteiger partial charge in [-0.25, -0.2) is 4.79 Å². The number of methoxy groups -OCH3 is 3. The lowest BCUT2D eigenvalue weighted by atomic mass is 9.81. The zero-order valence-electron chi connectivity index (χ0n) is 14.9. The Bertz CT molecular complexity index is 747. The van der Waals surface area contributed by atoms with Crippen LogP contribution in [0.4, 0.5) is 0 Å². The largest absolute Gasteiger partial charge is 0.497 e. The van der Waals surface area contributed by atoms with Gasteiger partial charge in [0, 0.05) is 24.6 Å². The average Bonchev–Trinajstić information content (AvgIpc) is 3.23. The zero-order chi connectivity index (χ0) is 18.9. The number of esters is 2. The molecule has 0 bridgehead atoms. The molecule has 1 aromatic carbocycles. The van der Waals surface area contributed by atoms with E-state index in [9.17, 15) is 14.4 Å². The predicted octanol–water partition coefficient (Wildman–Crippen LogP) is 0.743. The van der Waals surface area contributed by atoms with E-state index >= 15 is 0 Å². The highest BCUT2D eigenvalue weighted by atomic mass is 16.5. The normalized spacial score (nSPS) is 24.1. The van der Waals surface area contributed by atoms with Crippen molar-refractivity contribution in [1.29, 1.82) is 0 Å². The van der Waals surface area contributed by atoms with Gasteiger partial charge >= 0.3 is 11.9 Å². The van der Waals surface area contributed by atoms with Crippen LogP contribution in [0.15, 0.2) is 18.2 Å². The van der Waals surface area contributed by atoms with Gasteiger partial charge in [0.15, 0.2) is 0 Å². The van der Waals surface area contributed by atoms with Crippen LogP contribution in [-0.2, 0) is 19.0 Å². The number of hydrogen-bond donors (Lipinski definition) is 0. The molecule has 2 fully saturated rings. The van der Waals surface area contributed by atoms with Gasteiger partial charge in [-0.2, -0.15) is 0 Å². The van der Waals surface area contributed by atoms with Gasteiger partial charge in [0.25, 0.3) is 5.91 Å². The third kappa shape index (κ3) is 2.90. The van der Waals surface area contributed by atoms with Crippen molar-refractivity contribution in [3.8, 4) is 5.75 Å². The van der Waals surface area contributed by atoms with E-state index in [1.165, 1.54) is 33.5 Å². The molecule has 2 atom stereocenters. The minimum absolute atomic E-state index is 0.107. The van der Waals surface area contributed by atoms with Gasteiger partial charge in [0.1, 0.15) is 11.2 Å². The predicted molar refractivity (Wildman–Crippen MR) is 89.0 cm³/mol. The summed E-state index contributed by atoms with van der Waals surface area (Å²) in [6.07, 6.45) is 0. The van der Waals surface area contributed by atoms with Gasteiger partial charge in [-0.15, -0.1) is 0 Å². The first-order valence-corrected chi connectivity index (χ1v) is 8.18. The third-order valence-electron chi connectivity index (χ3n) is 5.06. The molecule has 26 heavy (non-hydrogen) atoms. The first-order chi connectivity index (χ1) is 12.4. The second-order valence-electron chi connectivity index (χ2n) is 6.49. The van der Waals surface area contributed by atoms with Crippen LogP contribution in [0.1, 0.15) is 20.7 Å². The highest BCUT2D eigenvalue weighted by Gasteiger charge is 2.57. The molecule has 8 nitrogen and oxygen atoms in total. The number of nitrogens with zero attached hydrogens (tertiary/aromatic N) is 1. The lowest BCUT2D eigenvalue weighted by Crippen LogP contribution is -2.41. The van der Waals surface area contributed by atoms with Crippen LogP contribution in [0.2, 0.25) is 0 Å². The van der Waals surface area contributed by atoms with Crippen LogP contribution in [0.25, 0.3) is 0 Å². The average molecular weight is 363 g/mol. The van der Waals surface area contributed by atoms with E-state index in [0.29, 0.717) is 24.5 Å². The molecule has 2 aliphatic rings. The maximum atomic E-state index is 13.0. The van der Waals surface area contributed by atoms with Gasteiger partial charge in [-0.1, -0.05) is 0 Å². The minimum Gasteiger partial charge on any atom is -0.497 e. The molecule has 1 amide bonds. The number of fused-ring (bicyclic) bond motifs is 1. The molecule has 0 radical (unpaired) electrons. The fourth-order valence-corrected chi connectivity index (χ4v) is 3.64. The van der Waals surface area contributed by atoms with Crippen molar-refractivity contribution in [2.75, 3.05) is 47.6 Å². The van der Waals surface area contributed by atoms with Crippen molar-refractivity contribution in [3.63, 3.8) is 0 Å². The van der Waals surface area contributed by atoms with Crippen molar-refractivity contribution in [1.82, 2.24) is 4.90 Å². The van der Waals surface area contributed by atoms with Gasteiger partial charge in [0.2, 0.25) is 0 Å². The Labute approximate surface area is 150 Å². The van der Waals surface area contributed by atoms with E-state index in [1.54, 1.807) is 11.0 Å². The lowest BCUT2D eigenvalue weighted by Gasteiger charge is -2.24. The Morgan fingerprint density at radius 2 is 1.85 bits per heavy atom. The summed E-state index contributed by atoms with van der Waals surface area (Å²) >= 11 is 0. The number of likely N-dealkylation sites (tertiary alicyclic amines) is 1. The second-order valence-corrected chi connectivity index (χ2v) is 6.49. The van der Waals surface area contributed by atoms with Crippen LogP contribution in [-0.4, -0.2) is 70.4 Å². The Hall–Kier alpha value is -2.61. The second kappa shape index (κ2) is 6.95. The van der Waals surface area contributed by atoms with Crippen molar-refractivity contribution in [2.45, 2.75) is 0 Å². The highest BCUT2D eigenvalue weighted by molar-refractivity contribution is 5.99. The van der Waals surface area contributed by atoms with Gasteiger partial charge in [-0.05, 0) is 18.2 Å². The number of carbonyl (C=O) groups is 3. The molecular formula is C18H21NO7. The molecule has 0 spiro atoms. The van der Waals surface area contributed by atoms with Gasteiger partial charge in [0.05, 0.1) is 40.1 Å². The fourth-order valence-electron chi connectivity index (χ4n) is 3.64. The van der Waals surface area contributed by atoms with E-state index in [0.717, 1.165) is 0 Å². The van der Waals surface area contributed by atoms with Crippen LogP contribution in [0.3, 0.4) is 0 Å². The molecule has 8 heteroatoms. The number of carbonyl (C=O) groups excluding carboxylic acids is 3. The van der Waals surface area contributed by atoms with E-state index in [-0.39, 0.29) is 36.5 Å². The van der Waals surface area contributed by atoms with E-state index in [4.69, 9.17) is 18.9 Å². The molecule has 1 aromatic rings. The standard InChI is InChI=1S/C18H21NO7/c1-23-14-5-11(4-12(6-14)16(21)24-2)15(20)19-7-13-8-26-10-18(13,9-19)17(22)25-3/h4-6,13H,7-10H2,1-3H3/t13-,18-/m0/s1. The lowest BCUT2D eigenvalue weighted by molar-refractivity contribution is -0.153. The number of hydrogen-bond acceptors (Lipinski definition) is 7. The maximum Gasteiger partial charge on any atom is 0.338 e. The topological polar surface area (TPSA) is 91.4 Å². The molecule has 0 aliphatic carbocycles. The van der Waals surface area contributed by atoms with Gasteiger partial charge < -0.3 is 23.8 Å². The zero-order valence-corrected chi connectivity index (χ0v) is 14.9. The molecule has 3 rings (SSSR count). The summed E-state index contributed by atoms with van der Waals surface area (Å²) in [4.78, 5) is 38.7. The maximum absolute atomic E-state index is 13.0. The van der Waals surface area contributed by atoms with Crippen LogP contribution in [0.5, 0.6) is 5.75 Å². The molecule has 2 heterocycles. The molecule has 0 unspecified atom stereocenters. The Morgan fingerprint density at radius 3 is 2.50 bits per heavy atom. The molecule has 2 saturated heterocycles. The SMILES string of the molecule is COC(=O)c1cc(OC)cc(C(=O)N2C[C@H]3COC[C@@]3(C(=O)OC)C2)c1. The van der Waals surface area contributed by atoms with E-state index < -0.39 is 11.4 Å². The third-order valence-corrected chi connectivity index (χ3v) is 5.06. The summed E-state index contributed by atoms with van der Waals surface area (Å²) in [7, 11) is 4.06. The molecule has 140 valence electrons. The number of amides is 1. The van der Waals surface area contributed by atoms with E-state index in [1.807, 2.05) is 0 Å². The Kier molecular flexibility index (Phi) is 4.86. The number of ether oxygens (including phenoxy) is 4. The summed E-state index contributed by atoms with van der Waals surface area (Å²) in [6, 6.07) is 4.53. The number of rotatable bonds is 4. The summed E-state index contributed by atoms with van der Waals surface area (Å²) < 4.78 is 20.3. The minimum atomic E-state index is -0.825. The highest BCUT2D eigenvalue weighted by Crippen LogP contribution is 2.42. The summed E-state index contributed by atoms with van der Waals surface area (Å²) in [6.45, 7) is 1.25. The van der Waals surface area contributed by atoms with E-state index in [2.05, 4.69) is 0 Å². The molecular weight excluding hydrogens is 342 g/mol. The quantitative estimate of drug-likeness (QED) is 0.729. The molecule has 2 aliphatic heterocycles. The van der Waals surface area contributed by atoms with Crippen LogP contribution in [0, 0.1) is 11.3 Å². The van der Waals surface area contributed by atoms with Crippen molar-refractivity contribution < 1.29 is 33.3 Å². The van der Waals surface area contributed by atoms with Gasteiger partial charge in [-0.3, -0.25) is 9.59 Å². The molecule has 0 aromatic heterocycles. The van der Waals surface area contributed by atoms with Crippen molar-refractivity contribution in [3.05, 3.63) is 29.3 Å². The Morgan fingerprint density at radius 1 is 1.12 bits per heavy atom. The van der Waals surface area contributed by atoms with Crippen molar-refractivity contribution >= 4 is 17.8 Å². The smallest absolute Gasteiger partial charge is 0.338 e. The fraction of sp³-hybridized carbons (Fsp3) is 0.500. The molecule has 0 saturated carbocycles.